The molecule has 2 atom stereocenters. The Hall–Kier alpha value is -0.900. The predicted octanol–water partition coefficient (Wildman–Crippen LogP) is 1.75. The van der Waals surface area contributed by atoms with E-state index < -0.39 is 0 Å². The van der Waals surface area contributed by atoms with E-state index >= 15 is 0 Å². The van der Waals surface area contributed by atoms with Crippen LogP contribution in [-0.4, -0.2) is 31.0 Å². The zero-order valence-electron chi connectivity index (χ0n) is 11.1. The lowest BCUT2D eigenvalue weighted by atomic mass is 9.76. The summed E-state index contributed by atoms with van der Waals surface area (Å²) in [6.45, 7) is 3.43. The van der Waals surface area contributed by atoms with Crippen LogP contribution in [0, 0.1) is 6.92 Å². The van der Waals surface area contributed by atoms with Crippen LogP contribution < -0.4 is 5.73 Å². The molecule has 1 heterocycles. The largest absolute Gasteiger partial charge is 0.395 e. The molecule has 0 saturated carbocycles. The average Bonchev–Trinajstić information content (AvgIpc) is 2.89. The van der Waals surface area contributed by atoms with Crippen molar-refractivity contribution in [3.05, 3.63) is 35.4 Å². The first-order chi connectivity index (χ1) is 8.70. The Labute approximate surface area is 109 Å². The summed E-state index contributed by atoms with van der Waals surface area (Å²) in [5.41, 5.74) is 7.93. The fourth-order valence-electron chi connectivity index (χ4n) is 2.76. The molecule has 0 bridgehead atoms. The molecule has 0 spiro atoms. The molecule has 3 N–H and O–H groups in total. The molecular formula is C15H23NO2. The maximum Gasteiger partial charge on any atom is 0.0585 e. The highest BCUT2D eigenvalue weighted by molar-refractivity contribution is 5.30. The maximum atomic E-state index is 9.85. The van der Waals surface area contributed by atoms with Crippen molar-refractivity contribution in [2.75, 3.05) is 19.8 Å². The summed E-state index contributed by atoms with van der Waals surface area (Å²) in [4.78, 5) is 0. The van der Waals surface area contributed by atoms with Gasteiger partial charge in [-0.15, -0.1) is 0 Å². The standard InChI is InChI=1S/C15H23NO2/c1-12-4-2-5-13(8-12)15(10-16,11-17)9-14-6-3-7-18-14/h2,4-5,8,14,17H,3,6-7,9-11,16H2,1H3. The first-order valence-corrected chi connectivity index (χ1v) is 6.70. The van der Waals surface area contributed by atoms with Gasteiger partial charge >= 0.3 is 0 Å². The van der Waals surface area contributed by atoms with Crippen LogP contribution >= 0.6 is 0 Å². The van der Waals surface area contributed by atoms with Crippen molar-refractivity contribution in [3.63, 3.8) is 0 Å². The molecule has 100 valence electrons. The average molecular weight is 249 g/mol. The molecule has 1 fully saturated rings. The lowest BCUT2D eigenvalue weighted by Crippen LogP contribution is -2.41. The van der Waals surface area contributed by atoms with E-state index in [0.29, 0.717) is 6.54 Å². The molecule has 3 nitrogen and oxygen atoms in total. The number of aliphatic hydroxyl groups is 1. The van der Waals surface area contributed by atoms with E-state index in [-0.39, 0.29) is 18.1 Å². The normalized spacial score (nSPS) is 22.9. The van der Waals surface area contributed by atoms with Gasteiger partial charge in [0, 0.05) is 18.6 Å². The van der Waals surface area contributed by atoms with E-state index in [9.17, 15) is 5.11 Å². The Kier molecular flexibility index (Phi) is 4.38. The van der Waals surface area contributed by atoms with Gasteiger partial charge in [-0.25, -0.2) is 0 Å². The fraction of sp³-hybridized carbons (Fsp3) is 0.600. The van der Waals surface area contributed by atoms with Crippen molar-refractivity contribution in [1.29, 1.82) is 0 Å². The van der Waals surface area contributed by atoms with Crippen molar-refractivity contribution >= 4 is 0 Å². The van der Waals surface area contributed by atoms with Crippen LogP contribution in [0.1, 0.15) is 30.4 Å². The summed E-state index contributed by atoms with van der Waals surface area (Å²) < 4.78 is 5.70. The van der Waals surface area contributed by atoms with Gasteiger partial charge in [-0.05, 0) is 31.7 Å². The number of aliphatic hydroxyl groups excluding tert-OH is 1. The minimum absolute atomic E-state index is 0.0762. The van der Waals surface area contributed by atoms with E-state index in [1.807, 2.05) is 6.07 Å². The molecule has 2 unspecified atom stereocenters. The topological polar surface area (TPSA) is 55.5 Å². The number of aryl methyl sites for hydroxylation is 1. The van der Waals surface area contributed by atoms with Gasteiger partial charge in [-0.1, -0.05) is 29.8 Å². The fourth-order valence-corrected chi connectivity index (χ4v) is 2.76. The second-order valence-corrected chi connectivity index (χ2v) is 5.35. The van der Waals surface area contributed by atoms with Gasteiger partial charge in [-0.3, -0.25) is 0 Å². The van der Waals surface area contributed by atoms with Crippen LogP contribution in [0.2, 0.25) is 0 Å². The van der Waals surface area contributed by atoms with Crippen LogP contribution in [0.15, 0.2) is 24.3 Å². The summed E-state index contributed by atoms with van der Waals surface area (Å²) in [7, 11) is 0. The molecule has 18 heavy (non-hydrogen) atoms. The molecule has 1 aromatic rings. The number of hydrogen-bond donors (Lipinski definition) is 2. The van der Waals surface area contributed by atoms with E-state index in [1.165, 1.54) is 5.56 Å². The third-order valence-corrected chi connectivity index (χ3v) is 3.97. The summed E-state index contributed by atoms with van der Waals surface area (Å²) in [6, 6.07) is 8.28. The number of nitrogens with two attached hydrogens (primary N) is 1. The zero-order valence-corrected chi connectivity index (χ0v) is 11.1. The third-order valence-electron chi connectivity index (χ3n) is 3.97. The van der Waals surface area contributed by atoms with Gasteiger partial charge in [0.25, 0.3) is 0 Å². The van der Waals surface area contributed by atoms with Crippen LogP contribution in [-0.2, 0) is 10.2 Å². The molecule has 1 aliphatic heterocycles. The first kappa shape index (κ1) is 13.5. The molecule has 1 aliphatic rings. The van der Waals surface area contributed by atoms with Crippen LogP contribution in [0.3, 0.4) is 0 Å². The van der Waals surface area contributed by atoms with Crippen LogP contribution in [0.5, 0.6) is 0 Å². The van der Waals surface area contributed by atoms with Gasteiger partial charge in [0.15, 0.2) is 0 Å². The van der Waals surface area contributed by atoms with Crippen molar-refractivity contribution in [2.45, 2.75) is 37.7 Å². The van der Waals surface area contributed by atoms with E-state index in [1.54, 1.807) is 0 Å². The molecule has 0 amide bonds. The molecule has 0 aliphatic carbocycles. The maximum absolute atomic E-state index is 9.85. The lowest BCUT2D eigenvalue weighted by molar-refractivity contribution is 0.0656. The highest BCUT2D eigenvalue weighted by Crippen LogP contribution is 2.32. The molecule has 1 aromatic carbocycles. The van der Waals surface area contributed by atoms with Crippen LogP contribution in [0.4, 0.5) is 0 Å². The first-order valence-electron chi connectivity index (χ1n) is 6.70. The third kappa shape index (κ3) is 2.74. The molecular weight excluding hydrogens is 226 g/mol. The zero-order chi connectivity index (χ0) is 13.0. The predicted molar refractivity (Wildman–Crippen MR) is 72.6 cm³/mol. The lowest BCUT2D eigenvalue weighted by Gasteiger charge is -2.33. The number of hydrogen-bond acceptors (Lipinski definition) is 3. The number of ether oxygens (including phenoxy) is 1. The van der Waals surface area contributed by atoms with Crippen LogP contribution in [0.25, 0.3) is 0 Å². The van der Waals surface area contributed by atoms with Gasteiger partial charge < -0.3 is 15.6 Å². The minimum Gasteiger partial charge on any atom is -0.395 e. The molecule has 0 radical (unpaired) electrons. The van der Waals surface area contributed by atoms with Crippen molar-refractivity contribution in [2.24, 2.45) is 5.73 Å². The van der Waals surface area contributed by atoms with Gasteiger partial charge in [0.2, 0.25) is 0 Å². The Morgan fingerprint density at radius 1 is 1.50 bits per heavy atom. The van der Waals surface area contributed by atoms with Crippen molar-refractivity contribution < 1.29 is 9.84 Å². The van der Waals surface area contributed by atoms with Gasteiger partial charge in [0.1, 0.15) is 0 Å². The van der Waals surface area contributed by atoms with E-state index in [4.69, 9.17) is 10.5 Å². The summed E-state index contributed by atoms with van der Waals surface area (Å²) in [5, 5.41) is 9.85. The highest BCUT2D eigenvalue weighted by Gasteiger charge is 2.34. The molecule has 3 heteroatoms. The van der Waals surface area contributed by atoms with Crippen molar-refractivity contribution in [3.8, 4) is 0 Å². The molecule has 1 saturated heterocycles. The summed E-state index contributed by atoms with van der Waals surface area (Å²) in [5.74, 6) is 0. The SMILES string of the molecule is Cc1cccc(C(CN)(CO)CC2CCCO2)c1. The van der Waals surface area contributed by atoms with E-state index in [0.717, 1.165) is 31.4 Å². The number of rotatable bonds is 5. The quantitative estimate of drug-likeness (QED) is 0.836. The number of benzene rings is 1. The molecule has 0 aromatic heterocycles. The minimum atomic E-state index is -0.360. The Balaban J connectivity index is 2.24. The van der Waals surface area contributed by atoms with E-state index in [2.05, 4.69) is 25.1 Å². The monoisotopic (exact) mass is 249 g/mol. The van der Waals surface area contributed by atoms with Gasteiger partial charge in [-0.2, -0.15) is 0 Å². The Morgan fingerprint density at radius 2 is 2.33 bits per heavy atom. The Bertz CT molecular complexity index is 382. The van der Waals surface area contributed by atoms with Crippen molar-refractivity contribution in [1.82, 2.24) is 0 Å². The van der Waals surface area contributed by atoms with Gasteiger partial charge in [0.05, 0.1) is 12.7 Å². The molecule has 2 rings (SSSR count). The second kappa shape index (κ2) is 5.83. The summed E-state index contributed by atoms with van der Waals surface area (Å²) in [6.07, 6.45) is 3.24. The second-order valence-electron chi connectivity index (χ2n) is 5.35. The highest BCUT2D eigenvalue weighted by atomic mass is 16.5. The summed E-state index contributed by atoms with van der Waals surface area (Å²) >= 11 is 0. The Morgan fingerprint density at radius 3 is 2.89 bits per heavy atom. The smallest absolute Gasteiger partial charge is 0.0585 e.